The van der Waals surface area contributed by atoms with Gasteiger partial charge in [-0.3, -0.25) is 4.57 Å². The first-order valence-corrected chi connectivity index (χ1v) is 5.14. The summed E-state index contributed by atoms with van der Waals surface area (Å²) in [5.41, 5.74) is 1.13. The molecule has 0 atom stereocenters. The van der Waals surface area contributed by atoms with Gasteiger partial charge in [0.05, 0.1) is 0 Å². The number of rotatable bonds is 2. The molecular formula is C11H16N2O. The molecule has 1 aliphatic rings. The van der Waals surface area contributed by atoms with Crippen LogP contribution < -0.4 is 0 Å². The maximum absolute atomic E-state index is 11.9. The normalized spacial score (nSPS) is 16.2. The smallest absolute Gasteiger partial charge is 0.323 e. The van der Waals surface area contributed by atoms with E-state index in [1.54, 1.807) is 4.57 Å². The minimum absolute atomic E-state index is 0.130. The number of aromatic nitrogens is 1. The molecule has 1 amide bonds. The Labute approximate surface area is 84.3 Å². The molecule has 1 aromatic rings. The lowest BCUT2D eigenvalue weighted by atomic mass is 10.2. The van der Waals surface area contributed by atoms with Crippen LogP contribution in [0.1, 0.15) is 19.5 Å². The van der Waals surface area contributed by atoms with Gasteiger partial charge in [0.1, 0.15) is 0 Å². The van der Waals surface area contributed by atoms with Crippen molar-refractivity contribution in [3.8, 4) is 0 Å². The highest BCUT2D eigenvalue weighted by Crippen LogP contribution is 2.14. The predicted octanol–water partition coefficient (Wildman–Crippen LogP) is 1.97. The van der Waals surface area contributed by atoms with Crippen molar-refractivity contribution in [1.29, 1.82) is 0 Å². The molecular weight excluding hydrogens is 176 g/mol. The van der Waals surface area contributed by atoms with Crippen molar-refractivity contribution >= 4 is 6.03 Å². The molecule has 0 saturated carbocycles. The van der Waals surface area contributed by atoms with E-state index in [1.807, 2.05) is 23.2 Å². The van der Waals surface area contributed by atoms with Gasteiger partial charge in [-0.25, -0.2) is 4.79 Å². The van der Waals surface area contributed by atoms with Crippen LogP contribution in [0.5, 0.6) is 0 Å². The minimum Gasteiger partial charge on any atom is -0.323 e. The third kappa shape index (κ3) is 1.54. The molecule has 1 aromatic heterocycles. The van der Waals surface area contributed by atoms with Gasteiger partial charge in [0, 0.05) is 31.4 Å². The summed E-state index contributed by atoms with van der Waals surface area (Å²) in [6.07, 6.45) is 2.83. The lowest BCUT2D eigenvalue weighted by molar-refractivity contribution is 0.185. The third-order valence-electron chi connectivity index (χ3n) is 2.53. The van der Waals surface area contributed by atoms with E-state index in [0.717, 1.165) is 25.2 Å². The topological polar surface area (TPSA) is 25.2 Å². The van der Waals surface area contributed by atoms with Gasteiger partial charge in [-0.05, 0) is 18.1 Å². The van der Waals surface area contributed by atoms with E-state index < -0.39 is 0 Å². The molecule has 3 nitrogen and oxygen atoms in total. The molecule has 0 radical (unpaired) electrons. The second kappa shape index (κ2) is 3.48. The van der Waals surface area contributed by atoms with E-state index in [-0.39, 0.29) is 6.03 Å². The van der Waals surface area contributed by atoms with Gasteiger partial charge >= 0.3 is 6.03 Å². The molecule has 0 aliphatic carbocycles. The first kappa shape index (κ1) is 9.31. The number of fused-ring (bicyclic) bond motifs is 1. The lowest BCUT2D eigenvalue weighted by Gasteiger charge is -2.29. The Morgan fingerprint density at radius 1 is 1.50 bits per heavy atom. The van der Waals surface area contributed by atoms with Gasteiger partial charge in [-0.2, -0.15) is 0 Å². The first-order valence-electron chi connectivity index (χ1n) is 5.14. The van der Waals surface area contributed by atoms with Crippen molar-refractivity contribution in [2.45, 2.75) is 20.3 Å². The summed E-state index contributed by atoms with van der Waals surface area (Å²) in [6.45, 7) is 5.99. The molecule has 3 heteroatoms. The maximum Gasteiger partial charge on any atom is 0.328 e. The Morgan fingerprint density at radius 2 is 2.29 bits per heavy atom. The van der Waals surface area contributed by atoms with Crippen molar-refractivity contribution in [1.82, 2.24) is 9.47 Å². The Bertz CT molecular complexity index is 341. The molecule has 0 unspecified atom stereocenters. The summed E-state index contributed by atoms with van der Waals surface area (Å²) in [7, 11) is 0. The van der Waals surface area contributed by atoms with Crippen molar-refractivity contribution in [2.24, 2.45) is 5.92 Å². The monoisotopic (exact) mass is 192 g/mol. The molecule has 0 aromatic carbocycles. The molecule has 1 aliphatic heterocycles. The average Bonchev–Trinajstić information content (AvgIpc) is 2.57. The fourth-order valence-corrected chi connectivity index (χ4v) is 1.91. The zero-order chi connectivity index (χ0) is 10.1. The zero-order valence-corrected chi connectivity index (χ0v) is 8.73. The maximum atomic E-state index is 11.9. The van der Waals surface area contributed by atoms with Crippen LogP contribution in [0.25, 0.3) is 0 Å². The number of carbonyl (C=O) groups is 1. The fourth-order valence-electron chi connectivity index (χ4n) is 1.91. The van der Waals surface area contributed by atoms with E-state index in [2.05, 4.69) is 13.8 Å². The number of amides is 1. The standard InChI is InChI=1S/C11H16N2O/c1-9(2)8-12-7-5-10-4-3-6-13(10)11(12)14/h3-4,6,9H,5,7-8H2,1-2H3. The zero-order valence-electron chi connectivity index (χ0n) is 8.73. The van der Waals surface area contributed by atoms with Crippen molar-refractivity contribution < 1.29 is 4.79 Å². The number of hydrogen-bond acceptors (Lipinski definition) is 1. The van der Waals surface area contributed by atoms with Crippen LogP contribution in [-0.2, 0) is 6.42 Å². The van der Waals surface area contributed by atoms with Crippen LogP contribution in [0, 0.1) is 5.92 Å². The van der Waals surface area contributed by atoms with Gasteiger partial charge in [0.25, 0.3) is 0 Å². The van der Waals surface area contributed by atoms with E-state index in [9.17, 15) is 4.79 Å². The van der Waals surface area contributed by atoms with Crippen molar-refractivity contribution in [3.05, 3.63) is 24.0 Å². The van der Waals surface area contributed by atoms with E-state index in [0.29, 0.717) is 5.92 Å². The number of nitrogens with zero attached hydrogens (tertiary/aromatic N) is 2. The Kier molecular flexibility index (Phi) is 2.32. The van der Waals surface area contributed by atoms with Gasteiger partial charge in [-0.15, -0.1) is 0 Å². The SMILES string of the molecule is CC(C)CN1CCc2cccn2C1=O. The molecule has 0 spiro atoms. The summed E-state index contributed by atoms with van der Waals surface area (Å²) >= 11 is 0. The van der Waals surface area contributed by atoms with Crippen molar-refractivity contribution in [3.63, 3.8) is 0 Å². The molecule has 0 fully saturated rings. The van der Waals surface area contributed by atoms with Gasteiger partial charge in [0.2, 0.25) is 0 Å². The van der Waals surface area contributed by atoms with Crippen molar-refractivity contribution in [2.75, 3.05) is 13.1 Å². The number of hydrogen-bond donors (Lipinski definition) is 0. The molecule has 2 rings (SSSR count). The van der Waals surface area contributed by atoms with E-state index in [4.69, 9.17) is 0 Å². The molecule has 0 N–H and O–H groups in total. The summed E-state index contributed by atoms with van der Waals surface area (Å²) in [4.78, 5) is 13.8. The summed E-state index contributed by atoms with van der Waals surface area (Å²) in [5, 5.41) is 0. The molecule has 0 saturated heterocycles. The van der Waals surface area contributed by atoms with Gasteiger partial charge in [0.15, 0.2) is 0 Å². The van der Waals surface area contributed by atoms with Crippen LogP contribution in [0.3, 0.4) is 0 Å². The molecule has 0 bridgehead atoms. The van der Waals surface area contributed by atoms with Crippen LogP contribution in [0.15, 0.2) is 18.3 Å². The summed E-state index contributed by atoms with van der Waals surface area (Å²) in [6, 6.07) is 4.08. The highest BCUT2D eigenvalue weighted by Gasteiger charge is 2.22. The molecule has 14 heavy (non-hydrogen) atoms. The number of carbonyl (C=O) groups excluding carboxylic acids is 1. The quantitative estimate of drug-likeness (QED) is 0.703. The van der Waals surface area contributed by atoms with Crippen LogP contribution in [0.4, 0.5) is 4.79 Å². The van der Waals surface area contributed by atoms with E-state index >= 15 is 0 Å². The first-order chi connectivity index (χ1) is 6.68. The van der Waals surface area contributed by atoms with Crippen LogP contribution in [-0.4, -0.2) is 28.6 Å². The fraction of sp³-hybridized carbons (Fsp3) is 0.545. The highest BCUT2D eigenvalue weighted by atomic mass is 16.2. The Morgan fingerprint density at radius 3 is 3.00 bits per heavy atom. The third-order valence-corrected chi connectivity index (χ3v) is 2.53. The Hall–Kier alpha value is -1.25. The van der Waals surface area contributed by atoms with Crippen LogP contribution in [0.2, 0.25) is 0 Å². The predicted molar refractivity (Wildman–Crippen MR) is 55.3 cm³/mol. The van der Waals surface area contributed by atoms with Crippen LogP contribution >= 0.6 is 0 Å². The summed E-state index contributed by atoms with van der Waals surface area (Å²) in [5.74, 6) is 0.538. The minimum atomic E-state index is 0.130. The molecule has 76 valence electrons. The average molecular weight is 192 g/mol. The second-order valence-corrected chi connectivity index (χ2v) is 4.24. The Balaban J connectivity index is 2.17. The highest BCUT2D eigenvalue weighted by molar-refractivity contribution is 5.78. The summed E-state index contributed by atoms with van der Waals surface area (Å²) < 4.78 is 1.76. The lowest BCUT2D eigenvalue weighted by Crippen LogP contribution is -2.42. The molecule has 2 heterocycles. The van der Waals surface area contributed by atoms with Gasteiger partial charge in [-0.1, -0.05) is 13.8 Å². The van der Waals surface area contributed by atoms with Gasteiger partial charge < -0.3 is 4.90 Å². The second-order valence-electron chi connectivity index (χ2n) is 4.24. The van der Waals surface area contributed by atoms with E-state index in [1.165, 1.54) is 0 Å². The largest absolute Gasteiger partial charge is 0.328 e.